The van der Waals surface area contributed by atoms with Crippen molar-refractivity contribution < 1.29 is 37.0 Å². The summed E-state index contributed by atoms with van der Waals surface area (Å²) in [5, 5.41) is 3.82. The third kappa shape index (κ3) is 6.06. The van der Waals surface area contributed by atoms with E-state index in [9.17, 15) is 22.8 Å². The Balaban J connectivity index is 1.54. The number of ether oxygens (including phenoxy) is 3. The minimum atomic E-state index is -4.84. The number of nitrogens with zero attached hydrogens (tertiary/aromatic N) is 2. The number of fused-ring (bicyclic) bond motifs is 1. The van der Waals surface area contributed by atoms with Gasteiger partial charge in [0, 0.05) is 23.4 Å². The molecule has 1 N–H and O–H groups in total. The molecule has 0 spiro atoms. The largest absolute Gasteiger partial charge is 0.573 e. The Kier molecular flexibility index (Phi) is 7.00. The summed E-state index contributed by atoms with van der Waals surface area (Å²) in [4.78, 5) is 32.6. The summed E-state index contributed by atoms with van der Waals surface area (Å²) in [6.45, 7) is 1.88. The van der Waals surface area contributed by atoms with Crippen molar-refractivity contribution in [1.82, 2.24) is 9.97 Å². The zero-order chi connectivity index (χ0) is 25.7. The lowest BCUT2D eigenvalue weighted by atomic mass is 10.0. The number of halogens is 3. The van der Waals surface area contributed by atoms with Crippen molar-refractivity contribution >= 4 is 28.3 Å². The van der Waals surface area contributed by atoms with E-state index in [1.165, 1.54) is 24.5 Å². The molecule has 1 amide bonds. The van der Waals surface area contributed by atoms with E-state index in [1.807, 2.05) is 0 Å². The molecule has 3 aromatic carbocycles. The van der Waals surface area contributed by atoms with Crippen LogP contribution in [0.25, 0.3) is 10.8 Å². The van der Waals surface area contributed by atoms with Crippen molar-refractivity contribution in [1.29, 1.82) is 0 Å². The fourth-order valence-electron chi connectivity index (χ4n) is 3.33. The zero-order valence-corrected chi connectivity index (χ0v) is 18.7. The second-order valence-electron chi connectivity index (χ2n) is 7.28. The number of benzene rings is 3. The van der Waals surface area contributed by atoms with Crippen LogP contribution in [0.4, 0.5) is 18.9 Å². The van der Waals surface area contributed by atoms with Gasteiger partial charge in [-0.05, 0) is 54.1 Å². The van der Waals surface area contributed by atoms with Crippen LogP contribution in [0.5, 0.6) is 17.4 Å². The number of esters is 1. The van der Waals surface area contributed by atoms with Crippen LogP contribution >= 0.6 is 0 Å². The molecule has 11 heteroatoms. The number of alkyl halides is 3. The number of nitrogens with one attached hydrogen (secondary N) is 1. The van der Waals surface area contributed by atoms with Gasteiger partial charge < -0.3 is 19.5 Å². The van der Waals surface area contributed by atoms with Crippen molar-refractivity contribution in [3.05, 3.63) is 84.3 Å². The highest BCUT2D eigenvalue weighted by Gasteiger charge is 2.31. The maximum atomic E-state index is 12.9. The van der Waals surface area contributed by atoms with E-state index in [0.717, 1.165) is 12.1 Å². The van der Waals surface area contributed by atoms with Gasteiger partial charge in [-0.1, -0.05) is 18.2 Å². The summed E-state index contributed by atoms with van der Waals surface area (Å²) in [5.41, 5.74) is 0.485. The third-order valence-corrected chi connectivity index (χ3v) is 4.77. The first-order valence-electron chi connectivity index (χ1n) is 10.6. The molecular weight excluding hydrogens is 479 g/mol. The fourth-order valence-corrected chi connectivity index (χ4v) is 3.33. The number of carbonyl (C=O) groups is 2. The fraction of sp³-hybridized carbons (Fsp3) is 0.120. The SMILES string of the molecule is CCOC(=O)c1cc(Oc2ccc3c(C(=O)Nc4cccc(OC(F)(F)F)c4)cccc3c2)ncn1. The van der Waals surface area contributed by atoms with Gasteiger partial charge in [-0.25, -0.2) is 14.8 Å². The lowest BCUT2D eigenvalue weighted by Crippen LogP contribution is -2.17. The van der Waals surface area contributed by atoms with E-state index in [1.54, 1.807) is 43.3 Å². The zero-order valence-electron chi connectivity index (χ0n) is 18.7. The number of hydrogen-bond acceptors (Lipinski definition) is 7. The normalized spacial score (nSPS) is 11.1. The molecule has 1 aromatic heterocycles. The summed E-state index contributed by atoms with van der Waals surface area (Å²) in [5.74, 6) is -1.05. The van der Waals surface area contributed by atoms with Gasteiger partial charge in [0.05, 0.1) is 6.61 Å². The number of anilines is 1. The van der Waals surface area contributed by atoms with Gasteiger partial charge in [0.25, 0.3) is 5.91 Å². The van der Waals surface area contributed by atoms with Crippen LogP contribution in [0.3, 0.4) is 0 Å². The maximum absolute atomic E-state index is 12.9. The second kappa shape index (κ2) is 10.3. The standard InChI is InChI=1S/C25H18F3N3O5/c1-2-34-24(33)21-13-22(30-14-29-21)35-17-9-10-19-15(11-17)5-3-8-20(19)23(32)31-16-6-4-7-18(12-16)36-25(26,27)28/h3-14H,2H2,1H3,(H,31,32). The molecule has 1 heterocycles. The number of hydrogen-bond donors (Lipinski definition) is 1. The number of aromatic nitrogens is 2. The first-order valence-corrected chi connectivity index (χ1v) is 10.6. The predicted molar refractivity (Wildman–Crippen MR) is 123 cm³/mol. The summed E-state index contributed by atoms with van der Waals surface area (Å²) < 4.78 is 52.0. The quantitative estimate of drug-likeness (QED) is 0.325. The van der Waals surface area contributed by atoms with E-state index < -0.39 is 24.0 Å². The topological polar surface area (TPSA) is 99.6 Å². The number of carbonyl (C=O) groups excluding carboxylic acids is 2. The van der Waals surface area contributed by atoms with Crippen molar-refractivity contribution in [2.45, 2.75) is 13.3 Å². The molecule has 0 fully saturated rings. The Hall–Kier alpha value is -4.67. The van der Waals surface area contributed by atoms with Gasteiger partial charge in [-0.3, -0.25) is 4.79 Å². The molecule has 0 saturated heterocycles. The minimum absolute atomic E-state index is 0.0475. The van der Waals surface area contributed by atoms with Crippen molar-refractivity contribution in [2.75, 3.05) is 11.9 Å². The molecule has 0 saturated carbocycles. The van der Waals surface area contributed by atoms with Crippen molar-refractivity contribution in [2.24, 2.45) is 0 Å². The lowest BCUT2D eigenvalue weighted by molar-refractivity contribution is -0.274. The minimum Gasteiger partial charge on any atom is -0.461 e. The van der Waals surface area contributed by atoms with Crippen LogP contribution in [0, 0.1) is 0 Å². The maximum Gasteiger partial charge on any atom is 0.573 e. The lowest BCUT2D eigenvalue weighted by Gasteiger charge is -2.12. The first-order chi connectivity index (χ1) is 17.2. The molecule has 0 aliphatic carbocycles. The molecule has 0 unspecified atom stereocenters. The van der Waals surface area contributed by atoms with Gasteiger partial charge in [0.2, 0.25) is 5.88 Å². The van der Waals surface area contributed by atoms with E-state index in [-0.39, 0.29) is 23.9 Å². The van der Waals surface area contributed by atoms with Crippen LogP contribution in [0.15, 0.2) is 73.1 Å². The summed E-state index contributed by atoms with van der Waals surface area (Å²) in [7, 11) is 0. The van der Waals surface area contributed by atoms with Gasteiger partial charge in [0.15, 0.2) is 5.69 Å². The number of amides is 1. The van der Waals surface area contributed by atoms with Crippen LogP contribution < -0.4 is 14.8 Å². The Labute approximate surface area is 202 Å². The van der Waals surface area contributed by atoms with Crippen LogP contribution in [0.2, 0.25) is 0 Å². The van der Waals surface area contributed by atoms with Crippen molar-refractivity contribution in [3.8, 4) is 17.4 Å². The van der Waals surface area contributed by atoms with Crippen LogP contribution in [-0.2, 0) is 4.74 Å². The molecule has 184 valence electrons. The first kappa shape index (κ1) is 24.5. The van der Waals surface area contributed by atoms with Crippen molar-refractivity contribution in [3.63, 3.8) is 0 Å². The predicted octanol–water partition coefficient (Wildman–Crippen LogP) is 5.75. The van der Waals surface area contributed by atoms with E-state index in [0.29, 0.717) is 22.1 Å². The third-order valence-electron chi connectivity index (χ3n) is 4.77. The molecule has 0 radical (unpaired) electrons. The average Bonchev–Trinajstić information content (AvgIpc) is 2.83. The Morgan fingerprint density at radius 2 is 1.75 bits per heavy atom. The smallest absolute Gasteiger partial charge is 0.461 e. The van der Waals surface area contributed by atoms with Gasteiger partial charge in [-0.15, -0.1) is 13.2 Å². The van der Waals surface area contributed by atoms with E-state index >= 15 is 0 Å². The number of rotatable bonds is 7. The molecule has 8 nitrogen and oxygen atoms in total. The van der Waals surface area contributed by atoms with Crippen LogP contribution in [0.1, 0.15) is 27.8 Å². The molecule has 4 aromatic rings. The summed E-state index contributed by atoms with van der Waals surface area (Å²) in [6.07, 6.45) is -3.66. The summed E-state index contributed by atoms with van der Waals surface area (Å²) in [6, 6.07) is 16.3. The molecular formula is C25H18F3N3O5. The van der Waals surface area contributed by atoms with Gasteiger partial charge in [-0.2, -0.15) is 0 Å². The highest BCUT2D eigenvalue weighted by Crippen LogP contribution is 2.29. The Morgan fingerprint density at radius 3 is 2.53 bits per heavy atom. The van der Waals surface area contributed by atoms with Crippen LogP contribution in [-0.4, -0.2) is 34.8 Å². The van der Waals surface area contributed by atoms with E-state index in [4.69, 9.17) is 9.47 Å². The second-order valence-corrected chi connectivity index (χ2v) is 7.28. The van der Waals surface area contributed by atoms with E-state index in [2.05, 4.69) is 20.0 Å². The molecule has 0 atom stereocenters. The Morgan fingerprint density at radius 1 is 0.944 bits per heavy atom. The average molecular weight is 497 g/mol. The highest BCUT2D eigenvalue weighted by atomic mass is 19.4. The summed E-state index contributed by atoms with van der Waals surface area (Å²) >= 11 is 0. The molecule has 4 rings (SSSR count). The molecule has 0 aliphatic heterocycles. The van der Waals surface area contributed by atoms with Gasteiger partial charge >= 0.3 is 12.3 Å². The highest BCUT2D eigenvalue weighted by molar-refractivity contribution is 6.13. The monoisotopic (exact) mass is 497 g/mol. The molecule has 0 aliphatic rings. The molecule has 36 heavy (non-hydrogen) atoms. The van der Waals surface area contributed by atoms with Gasteiger partial charge in [0.1, 0.15) is 17.8 Å². The molecule has 0 bridgehead atoms. The Bertz CT molecular complexity index is 1430.